The van der Waals surface area contributed by atoms with Crippen molar-refractivity contribution in [2.75, 3.05) is 26.2 Å². The van der Waals surface area contributed by atoms with Crippen LogP contribution >= 0.6 is 0 Å². The molecule has 1 amide bonds. The molecule has 0 bridgehead atoms. The lowest BCUT2D eigenvalue weighted by atomic mass is 10.1. The first-order chi connectivity index (χ1) is 14.9. The van der Waals surface area contributed by atoms with Gasteiger partial charge in [0.05, 0.1) is 28.1 Å². The molecule has 0 radical (unpaired) electrons. The summed E-state index contributed by atoms with van der Waals surface area (Å²) in [7, 11) is 0. The SMILES string of the molecule is Cc1c(C(=O)N2CCN(Cc3cccc([N+](=O)[O-])c3)CC2)cnn1-c1ccc(F)cc1. The number of carbonyl (C=O) groups is 1. The molecule has 0 unspecified atom stereocenters. The first-order valence-electron chi connectivity index (χ1n) is 9.98. The Bertz CT molecular complexity index is 1100. The van der Waals surface area contributed by atoms with E-state index >= 15 is 0 Å². The van der Waals surface area contributed by atoms with Crippen molar-refractivity contribution in [3.63, 3.8) is 0 Å². The van der Waals surface area contributed by atoms with Gasteiger partial charge in [-0.05, 0) is 36.8 Å². The van der Waals surface area contributed by atoms with Gasteiger partial charge in [0.25, 0.3) is 11.6 Å². The molecule has 3 aromatic rings. The number of piperazine rings is 1. The minimum atomic E-state index is -0.394. The summed E-state index contributed by atoms with van der Waals surface area (Å²) in [5.41, 5.74) is 2.89. The molecular formula is C22H22FN5O3. The van der Waals surface area contributed by atoms with Crippen LogP contribution in [0.1, 0.15) is 21.6 Å². The summed E-state index contributed by atoms with van der Waals surface area (Å²) >= 11 is 0. The standard InChI is InChI=1S/C22H22FN5O3/c1-16-21(14-24-27(16)19-7-5-18(23)6-8-19)22(29)26-11-9-25(10-12-26)15-17-3-2-4-20(13-17)28(30)31/h2-8,13-14H,9-12,15H2,1H3. The lowest BCUT2D eigenvalue weighted by Gasteiger charge is -2.34. The molecule has 4 rings (SSSR count). The molecule has 1 saturated heterocycles. The maximum atomic E-state index is 13.2. The summed E-state index contributed by atoms with van der Waals surface area (Å²) in [6, 6.07) is 12.6. The third kappa shape index (κ3) is 4.46. The van der Waals surface area contributed by atoms with Crippen LogP contribution in [0.2, 0.25) is 0 Å². The second kappa shape index (κ2) is 8.65. The van der Waals surface area contributed by atoms with Crippen LogP contribution < -0.4 is 0 Å². The topological polar surface area (TPSA) is 84.5 Å². The molecule has 8 nitrogen and oxygen atoms in total. The van der Waals surface area contributed by atoms with Crippen molar-refractivity contribution >= 4 is 11.6 Å². The molecule has 1 aromatic heterocycles. The van der Waals surface area contributed by atoms with Crippen molar-refractivity contribution in [1.82, 2.24) is 19.6 Å². The quantitative estimate of drug-likeness (QED) is 0.465. The predicted octanol–water partition coefficient (Wildman–Crippen LogP) is 3.19. The van der Waals surface area contributed by atoms with Gasteiger partial charge < -0.3 is 4.90 Å². The van der Waals surface area contributed by atoms with E-state index in [1.807, 2.05) is 13.0 Å². The van der Waals surface area contributed by atoms with E-state index in [2.05, 4.69) is 10.00 Å². The monoisotopic (exact) mass is 423 g/mol. The predicted molar refractivity (Wildman–Crippen MR) is 113 cm³/mol. The molecule has 1 aliphatic rings. The number of carbonyl (C=O) groups excluding carboxylic acids is 1. The van der Waals surface area contributed by atoms with Gasteiger partial charge in [-0.2, -0.15) is 5.10 Å². The summed E-state index contributed by atoms with van der Waals surface area (Å²) < 4.78 is 14.8. The third-order valence-corrected chi connectivity index (χ3v) is 5.50. The van der Waals surface area contributed by atoms with E-state index in [0.717, 1.165) is 5.56 Å². The number of benzene rings is 2. The van der Waals surface area contributed by atoms with Gasteiger partial charge in [-0.25, -0.2) is 9.07 Å². The zero-order chi connectivity index (χ0) is 22.0. The van der Waals surface area contributed by atoms with Crippen molar-refractivity contribution in [3.05, 3.63) is 87.5 Å². The van der Waals surface area contributed by atoms with Gasteiger partial charge in [-0.15, -0.1) is 0 Å². The van der Waals surface area contributed by atoms with Crippen LogP contribution in [0.25, 0.3) is 5.69 Å². The van der Waals surface area contributed by atoms with E-state index < -0.39 is 4.92 Å². The Hall–Kier alpha value is -3.59. The van der Waals surface area contributed by atoms with E-state index in [1.54, 1.807) is 40.0 Å². The van der Waals surface area contributed by atoms with Gasteiger partial charge in [-0.3, -0.25) is 19.8 Å². The second-order valence-corrected chi connectivity index (χ2v) is 7.53. The van der Waals surface area contributed by atoms with Gasteiger partial charge in [0.15, 0.2) is 0 Å². The highest BCUT2D eigenvalue weighted by Gasteiger charge is 2.25. The van der Waals surface area contributed by atoms with E-state index in [4.69, 9.17) is 0 Å². The molecular weight excluding hydrogens is 401 g/mol. The van der Waals surface area contributed by atoms with E-state index in [1.165, 1.54) is 18.2 Å². The fraction of sp³-hybridized carbons (Fsp3) is 0.273. The van der Waals surface area contributed by atoms with Crippen LogP contribution in [0.4, 0.5) is 10.1 Å². The van der Waals surface area contributed by atoms with Gasteiger partial charge in [0.1, 0.15) is 5.82 Å². The number of nitro groups is 1. The zero-order valence-electron chi connectivity index (χ0n) is 17.1. The Labute approximate surface area is 178 Å². The number of nitrogens with zero attached hydrogens (tertiary/aromatic N) is 5. The lowest BCUT2D eigenvalue weighted by molar-refractivity contribution is -0.384. The molecule has 0 atom stereocenters. The maximum Gasteiger partial charge on any atom is 0.269 e. The first kappa shape index (κ1) is 20.7. The van der Waals surface area contributed by atoms with Crippen LogP contribution in [0.5, 0.6) is 0 Å². The Balaban J connectivity index is 1.39. The van der Waals surface area contributed by atoms with Crippen molar-refractivity contribution in [1.29, 1.82) is 0 Å². The first-order valence-corrected chi connectivity index (χ1v) is 9.98. The van der Waals surface area contributed by atoms with E-state index in [0.29, 0.717) is 49.7 Å². The number of non-ortho nitro benzene ring substituents is 1. The number of amides is 1. The van der Waals surface area contributed by atoms with E-state index in [9.17, 15) is 19.3 Å². The number of nitro benzene ring substituents is 1. The Morgan fingerprint density at radius 3 is 2.52 bits per heavy atom. The molecule has 1 aliphatic heterocycles. The highest BCUT2D eigenvalue weighted by molar-refractivity contribution is 5.95. The Morgan fingerprint density at radius 1 is 1.13 bits per heavy atom. The minimum absolute atomic E-state index is 0.0825. The molecule has 0 N–H and O–H groups in total. The van der Waals surface area contributed by atoms with Crippen molar-refractivity contribution in [2.24, 2.45) is 0 Å². The smallest absolute Gasteiger partial charge is 0.269 e. The molecule has 0 spiro atoms. The van der Waals surface area contributed by atoms with Gasteiger partial charge in [0, 0.05) is 44.9 Å². The van der Waals surface area contributed by atoms with Crippen LogP contribution in [0.3, 0.4) is 0 Å². The zero-order valence-corrected chi connectivity index (χ0v) is 17.1. The summed E-state index contributed by atoms with van der Waals surface area (Å²) in [5.74, 6) is -0.409. The van der Waals surface area contributed by atoms with Crippen molar-refractivity contribution < 1.29 is 14.1 Å². The number of halogens is 1. The fourth-order valence-corrected chi connectivity index (χ4v) is 3.77. The third-order valence-electron chi connectivity index (χ3n) is 5.50. The average Bonchev–Trinajstić information content (AvgIpc) is 3.16. The molecule has 2 aromatic carbocycles. The van der Waals surface area contributed by atoms with Gasteiger partial charge in [-0.1, -0.05) is 12.1 Å². The number of rotatable bonds is 5. The van der Waals surface area contributed by atoms with Crippen molar-refractivity contribution in [2.45, 2.75) is 13.5 Å². The highest BCUT2D eigenvalue weighted by Crippen LogP contribution is 2.19. The molecule has 2 heterocycles. The molecule has 0 aliphatic carbocycles. The molecule has 160 valence electrons. The highest BCUT2D eigenvalue weighted by atomic mass is 19.1. The normalized spacial score (nSPS) is 14.6. The molecule has 1 fully saturated rings. The summed E-state index contributed by atoms with van der Waals surface area (Å²) in [6.07, 6.45) is 1.55. The van der Waals surface area contributed by atoms with Crippen LogP contribution in [-0.4, -0.2) is 56.6 Å². The molecule has 9 heteroatoms. The minimum Gasteiger partial charge on any atom is -0.336 e. The molecule has 31 heavy (non-hydrogen) atoms. The largest absolute Gasteiger partial charge is 0.336 e. The van der Waals surface area contributed by atoms with Crippen LogP contribution in [0, 0.1) is 22.9 Å². The Kier molecular flexibility index (Phi) is 5.77. The van der Waals surface area contributed by atoms with E-state index in [-0.39, 0.29) is 17.4 Å². The van der Waals surface area contributed by atoms with Crippen LogP contribution in [0.15, 0.2) is 54.7 Å². The summed E-state index contributed by atoms with van der Waals surface area (Å²) in [5, 5.41) is 15.3. The number of hydrogen-bond acceptors (Lipinski definition) is 5. The average molecular weight is 423 g/mol. The molecule has 0 saturated carbocycles. The number of aromatic nitrogens is 2. The fourth-order valence-electron chi connectivity index (χ4n) is 3.77. The van der Waals surface area contributed by atoms with Crippen LogP contribution in [-0.2, 0) is 6.54 Å². The van der Waals surface area contributed by atoms with Gasteiger partial charge >= 0.3 is 0 Å². The van der Waals surface area contributed by atoms with Gasteiger partial charge in [0.2, 0.25) is 0 Å². The van der Waals surface area contributed by atoms with Crippen molar-refractivity contribution in [3.8, 4) is 5.69 Å². The summed E-state index contributed by atoms with van der Waals surface area (Å²) in [6.45, 7) is 4.91. The maximum absolute atomic E-state index is 13.2. The summed E-state index contributed by atoms with van der Waals surface area (Å²) in [4.78, 5) is 27.6. The number of hydrogen-bond donors (Lipinski definition) is 0. The lowest BCUT2D eigenvalue weighted by Crippen LogP contribution is -2.48. The second-order valence-electron chi connectivity index (χ2n) is 7.53. The Morgan fingerprint density at radius 2 is 1.84 bits per heavy atom.